The largest absolute Gasteiger partial charge is 0.493 e. The highest BCUT2D eigenvalue weighted by Crippen LogP contribution is 2.27. The summed E-state index contributed by atoms with van der Waals surface area (Å²) in [4.78, 5) is 6.54. The van der Waals surface area contributed by atoms with Gasteiger partial charge in [0, 0.05) is 20.1 Å². The van der Waals surface area contributed by atoms with Gasteiger partial charge in [-0.1, -0.05) is 36.4 Å². The van der Waals surface area contributed by atoms with Crippen LogP contribution in [0.15, 0.2) is 53.5 Å². The molecular formula is C22H32N4O2. The number of aliphatic imine (C=N–C) groups is 1. The zero-order valence-corrected chi connectivity index (χ0v) is 17.5. The Morgan fingerprint density at radius 1 is 1.00 bits per heavy atom. The number of guanidine groups is 1. The number of hydrogen-bond acceptors (Lipinski definition) is 4. The van der Waals surface area contributed by atoms with Gasteiger partial charge in [0.2, 0.25) is 0 Å². The van der Waals surface area contributed by atoms with Crippen LogP contribution in [0.4, 0.5) is 0 Å². The van der Waals surface area contributed by atoms with Gasteiger partial charge in [-0.2, -0.15) is 0 Å². The number of ether oxygens (including phenoxy) is 2. The monoisotopic (exact) mass is 384 g/mol. The fourth-order valence-electron chi connectivity index (χ4n) is 3.05. The van der Waals surface area contributed by atoms with Crippen LogP contribution >= 0.6 is 0 Å². The molecule has 0 fully saturated rings. The van der Waals surface area contributed by atoms with Crippen molar-refractivity contribution in [3.05, 3.63) is 59.7 Å². The third kappa shape index (κ3) is 6.16. The molecule has 0 saturated carbocycles. The van der Waals surface area contributed by atoms with E-state index in [-0.39, 0.29) is 6.04 Å². The molecule has 6 heteroatoms. The molecule has 2 N–H and O–H groups in total. The number of rotatable bonds is 9. The second-order valence-electron chi connectivity index (χ2n) is 6.71. The molecule has 0 aliphatic carbocycles. The van der Waals surface area contributed by atoms with Crippen LogP contribution in [-0.2, 0) is 6.42 Å². The topological polar surface area (TPSA) is 58.1 Å². The molecule has 0 heterocycles. The first kappa shape index (κ1) is 21.6. The predicted octanol–water partition coefficient (Wildman–Crippen LogP) is 2.71. The summed E-state index contributed by atoms with van der Waals surface area (Å²) in [5, 5.41) is 6.81. The van der Waals surface area contributed by atoms with Crippen LogP contribution in [0.3, 0.4) is 0 Å². The molecule has 6 nitrogen and oxygen atoms in total. The number of methoxy groups -OCH3 is 2. The van der Waals surface area contributed by atoms with Gasteiger partial charge in [-0.3, -0.25) is 4.99 Å². The molecule has 0 amide bonds. The van der Waals surface area contributed by atoms with Crippen LogP contribution in [0.1, 0.15) is 17.2 Å². The van der Waals surface area contributed by atoms with E-state index in [1.807, 2.05) is 18.2 Å². The summed E-state index contributed by atoms with van der Waals surface area (Å²) in [5.74, 6) is 2.29. The van der Waals surface area contributed by atoms with Crippen molar-refractivity contribution in [2.24, 2.45) is 4.99 Å². The van der Waals surface area contributed by atoms with Gasteiger partial charge in [-0.05, 0) is 43.8 Å². The van der Waals surface area contributed by atoms with E-state index in [0.717, 1.165) is 37.0 Å². The van der Waals surface area contributed by atoms with E-state index in [9.17, 15) is 0 Å². The van der Waals surface area contributed by atoms with Crippen molar-refractivity contribution in [1.29, 1.82) is 0 Å². The van der Waals surface area contributed by atoms with Gasteiger partial charge in [0.05, 0.1) is 20.3 Å². The Bertz CT molecular complexity index is 747. The fourth-order valence-corrected chi connectivity index (χ4v) is 3.05. The maximum Gasteiger partial charge on any atom is 0.191 e. The summed E-state index contributed by atoms with van der Waals surface area (Å²) in [6, 6.07) is 16.8. The average Bonchev–Trinajstić information content (AvgIpc) is 2.72. The van der Waals surface area contributed by atoms with E-state index in [1.54, 1.807) is 21.3 Å². The highest BCUT2D eigenvalue weighted by Gasteiger charge is 2.14. The lowest BCUT2D eigenvalue weighted by Gasteiger charge is -2.26. The molecule has 152 valence electrons. The number of nitrogens with zero attached hydrogens (tertiary/aromatic N) is 2. The zero-order valence-electron chi connectivity index (χ0n) is 17.5. The first-order chi connectivity index (χ1) is 13.6. The summed E-state index contributed by atoms with van der Waals surface area (Å²) in [6.45, 7) is 1.54. The van der Waals surface area contributed by atoms with Crippen molar-refractivity contribution in [1.82, 2.24) is 15.5 Å². The summed E-state index contributed by atoms with van der Waals surface area (Å²) in [6.07, 6.45) is 0.858. The Morgan fingerprint density at radius 3 is 2.32 bits per heavy atom. The maximum absolute atomic E-state index is 5.37. The maximum atomic E-state index is 5.37. The number of benzene rings is 2. The Morgan fingerprint density at radius 2 is 1.71 bits per heavy atom. The summed E-state index contributed by atoms with van der Waals surface area (Å²) >= 11 is 0. The predicted molar refractivity (Wildman–Crippen MR) is 115 cm³/mol. The van der Waals surface area contributed by atoms with Gasteiger partial charge >= 0.3 is 0 Å². The van der Waals surface area contributed by atoms with E-state index < -0.39 is 0 Å². The minimum absolute atomic E-state index is 0.269. The quantitative estimate of drug-likeness (QED) is 0.514. The summed E-state index contributed by atoms with van der Waals surface area (Å²) in [5.41, 5.74) is 2.46. The second kappa shape index (κ2) is 11.2. The van der Waals surface area contributed by atoms with Gasteiger partial charge in [-0.25, -0.2) is 0 Å². The molecule has 0 aliphatic heterocycles. The second-order valence-corrected chi connectivity index (χ2v) is 6.71. The van der Waals surface area contributed by atoms with Crippen molar-refractivity contribution >= 4 is 5.96 Å². The van der Waals surface area contributed by atoms with E-state index in [4.69, 9.17) is 9.47 Å². The molecular weight excluding hydrogens is 352 g/mol. The van der Waals surface area contributed by atoms with Gasteiger partial charge in [0.15, 0.2) is 17.5 Å². The van der Waals surface area contributed by atoms with Gasteiger partial charge < -0.3 is 25.0 Å². The number of hydrogen-bond donors (Lipinski definition) is 2. The Hall–Kier alpha value is -2.73. The normalized spacial score (nSPS) is 12.6. The summed E-state index contributed by atoms with van der Waals surface area (Å²) < 4.78 is 10.7. The lowest BCUT2D eigenvalue weighted by molar-refractivity contribution is 0.298. The minimum Gasteiger partial charge on any atom is -0.493 e. The standard InChI is InChI=1S/C22H32N4O2/c1-23-22(25-16-19(26(2)3)18-9-7-6-8-10-18)24-14-13-17-11-12-20(27-4)21(15-17)28-5/h6-12,15,19H,13-14,16H2,1-5H3,(H2,23,24,25). The van der Waals surface area contributed by atoms with Crippen molar-refractivity contribution in [2.45, 2.75) is 12.5 Å². The average molecular weight is 385 g/mol. The van der Waals surface area contributed by atoms with E-state index in [2.05, 4.69) is 65.0 Å². The first-order valence-electron chi connectivity index (χ1n) is 9.45. The van der Waals surface area contributed by atoms with Gasteiger partial charge in [0.1, 0.15) is 0 Å². The van der Waals surface area contributed by atoms with Gasteiger partial charge in [-0.15, -0.1) is 0 Å². The number of likely N-dealkylation sites (N-methyl/N-ethyl adjacent to an activating group) is 1. The molecule has 1 atom stereocenters. The van der Waals surface area contributed by atoms with E-state index in [1.165, 1.54) is 11.1 Å². The molecule has 28 heavy (non-hydrogen) atoms. The molecule has 0 spiro atoms. The third-order valence-corrected chi connectivity index (χ3v) is 4.65. The Labute approximate surface area is 168 Å². The minimum atomic E-state index is 0.269. The van der Waals surface area contributed by atoms with Crippen molar-refractivity contribution in [2.75, 3.05) is 48.5 Å². The molecule has 0 aromatic heterocycles. The molecule has 0 bridgehead atoms. The SMILES string of the molecule is CN=C(NCCc1ccc(OC)c(OC)c1)NCC(c1ccccc1)N(C)C. The lowest BCUT2D eigenvalue weighted by Crippen LogP contribution is -2.42. The lowest BCUT2D eigenvalue weighted by atomic mass is 10.1. The van der Waals surface area contributed by atoms with Crippen LogP contribution in [0.2, 0.25) is 0 Å². The molecule has 0 radical (unpaired) electrons. The summed E-state index contributed by atoms with van der Waals surface area (Å²) in [7, 11) is 9.27. The van der Waals surface area contributed by atoms with Crippen LogP contribution in [0, 0.1) is 0 Å². The van der Waals surface area contributed by atoms with Crippen LogP contribution in [0.5, 0.6) is 11.5 Å². The molecule has 1 unspecified atom stereocenters. The zero-order chi connectivity index (χ0) is 20.4. The van der Waals surface area contributed by atoms with Crippen LogP contribution in [-0.4, -0.2) is 59.3 Å². The number of nitrogens with one attached hydrogen (secondary N) is 2. The van der Waals surface area contributed by atoms with Crippen molar-refractivity contribution < 1.29 is 9.47 Å². The smallest absolute Gasteiger partial charge is 0.191 e. The molecule has 0 aliphatic rings. The highest BCUT2D eigenvalue weighted by atomic mass is 16.5. The van der Waals surface area contributed by atoms with Crippen molar-refractivity contribution in [3.8, 4) is 11.5 Å². The highest BCUT2D eigenvalue weighted by molar-refractivity contribution is 5.79. The van der Waals surface area contributed by atoms with Crippen LogP contribution < -0.4 is 20.1 Å². The molecule has 2 rings (SSSR count). The van der Waals surface area contributed by atoms with Gasteiger partial charge in [0.25, 0.3) is 0 Å². The van der Waals surface area contributed by atoms with E-state index >= 15 is 0 Å². The Kier molecular flexibility index (Phi) is 8.62. The molecule has 0 saturated heterocycles. The van der Waals surface area contributed by atoms with Crippen molar-refractivity contribution in [3.63, 3.8) is 0 Å². The third-order valence-electron chi connectivity index (χ3n) is 4.65. The molecule has 2 aromatic rings. The van der Waals surface area contributed by atoms with E-state index in [0.29, 0.717) is 0 Å². The Balaban J connectivity index is 1.87. The van der Waals surface area contributed by atoms with Crippen LogP contribution in [0.25, 0.3) is 0 Å². The fraction of sp³-hybridized carbons (Fsp3) is 0.409. The first-order valence-corrected chi connectivity index (χ1v) is 9.45. The molecule has 2 aromatic carbocycles.